The molecule has 3 aromatic rings. The first-order chi connectivity index (χ1) is 13.3. The summed E-state index contributed by atoms with van der Waals surface area (Å²) in [5.74, 6) is -1.27. The smallest absolute Gasteiger partial charge is 0.259 e. The quantitative estimate of drug-likeness (QED) is 0.331. The number of benzene rings is 1. The molecule has 2 N–H and O–H groups in total. The molecular formula is C18H18FN5O3S. The molecule has 2 aromatic heterocycles. The highest BCUT2D eigenvalue weighted by Crippen LogP contribution is 2.23. The number of hydrogen-bond acceptors (Lipinski definition) is 6. The molecule has 146 valence electrons. The highest BCUT2D eigenvalue weighted by Gasteiger charge is 2.28. The number of hydrogen-bond donors (Lipinski definition) is 3. The van der Waals surface area contributed by atoms with Crippen LogP contribution in [0, 0.1) is 5.82 Å². The van der Waals surface area contributed by atoms with Crippen molar-refractivity contribution in [1.29, 1.82) is 0 Å². The van der Waals surface area contributed by atoms with Crippen LogP contribution in [0.5, 0.6) is 0 Å². The molecule has 1 aromatic carbocycles. The average Bonchev–Trinajstić information content (AvgIpc) is 3.22. The zero-order chi connectivity index (χ0) is 20.3. The summed E-state index contributed by atoms with van der Waals surface area (Å²) in [6, 6.07) is 8.01. The van der Waals surface area contributed by atoms with Gasteiger partial charge in [0.25, 0.3) is 11.5 Å². The molecule has 0 spiro atoms. The lowest BCUT2D eigenvalue weighted by atomic mass is 10.0. The van der Waals surface area contributed by atoms with Crippen LogP contribution in [0.25, 0.3) is 16.8 Å². The Labute approximate surface area is 165 Å². The number of halogens is 1. The Morgan fingerprint density at radius 3 is 2.54 bits per heavy atom. The molecule has 1 unspecified atom stereocenters. The van der Waals surface area contributed by atoms with E-state index in [-0.39, 0.29) is 18.5 Å². The molecule has 0 aliphatic carbocycles. The Kier molecular flexibility index (Phi) is 5.61. The van der Waals surface area contributed by atoms with E-state index in [1.165, 1.54) is 27.8 Å². The fraction of sp³-hybridized carbons (Fsp3) is 0.222. The lowest BCUT2D eigenvalue weighted by Gasteiger charge is -2.21. The van der Waals surface area contributed by atoms with Crippen molar-refractivity contribution in [3.8, 4) is 16.8 Å². The van der Waals surface area contributed by atoms with Gasteiger partial charge in [-0.3, -0.25) is 14.8 Å². The number of nitrogens with one attached hydrogen (secondary N) is 1. The van der Waals surface area contributed by atoms with E-state index >= 15 is 0 Å². The first-order valence-electron chi connectivity index (χ1n) is 8.36. The number of carbonyl (C=O) groups excluding carboxylic acids is 1. The summed E-state index contributed by atoms with van der Waals surface area (Å²) >= 11 is 4.17. The third-order valence-electron chi connectivity index (χ3n) is 4.34. The number of aromatic nitrogens is 4. The largest absolute Gasteiger partial charge is 0.312 e. The van der Waals surface area contributed by atoms with Gasteiger partial charge in [-0.15, -0.1) is 0 Å². The molecule has 3 rings (SSSR count). The van der Waals surface area contributed by atoms with Gasteiger partial charge in [-0.05, 0) is 31.0 Å². The minimum absolute atomic E-state index is 0.0629. The van der Waals surface area contributed by atoms with E-state index < -0.39 is 22.0 Å². The van der Waals surface area contributed by atoms with Crippen LogP contribution in [0.4, 0.5) is 4.39 Å². The van der Waals surface area contributed by atoms with Crippen molar-refractivity contribution >= 4 is 18.5 Å². The van der Waals surface area contributed by atoms with E-state index in [4.69, 9.17) is 5.21 Å². The van der Waals surface area contributed by atoms with Gasteiger partial charge in [0, 0.05) is 24.4 Å². The van der Waals surface area contributed by atoms with Gasteiger partial charge in [0.2, 0.25) is 0 Å². The van der Waals surface area contributed by atoms with Crippen molar-refractivity contribution in [1.82, 2.24) is 25.0 Å². The molecule has 0 bridgehead atoms. The van der Waals surface area contributed by atoms with Gasteiger partial charge in [0.05, 0.1) is 22.8 Å². The zero-order valence-corrected chi connectivity index (χ0v) is 15.8. The molecule has 0 aliphatic rings. The van der Waals surface area contributed by atoms with Crippen LogP contribution in [0.3, 0.4) is 0 Å². The maximum absolute atomic E-state index is 14.6. The second-order valence-corrected chi connectivity index (χ2v) is 7.38. The third-order valence-corrected chi connectivity index (χ3v) is 4.76. The predicted molar refractivity (Wildman–Crippen MR) is 103 cm³/mol. The number of pyridine rings is 1. The second kappa shape index (κ2) is 7.95. The van der Waals surface area contributed by atoms with Crippen LogP contribution in [-0.4, -0.2) is 35.4 Å². The summed E-state index contributed by atoms with van der Waals surface area (Å²) in [5.41, 5.74) is 2.53. The Balaban J connectivity index is 1.82. The molecule has 1 atom stereocenters. The lowest BCUT2D eigenvalue weighted by Crippen LogP contribution is -2.40. The van der Waals surface area contributed by atoms with Gasteiger partial charge in [-0.1, -0.05) is 12.1 Å². The first kappa shape index (κ1) is 19.8. The van der Waals surface area contributed by atoms with E-state index in [0.29, 0.717) is 11.3 Å². The molecule has 0 radical (unpaired) electrons. The summed E-state index contributed by atoms with van der Waals surface area (Å²) in [6.07, 6.45) is 4.31. The minimum atomic E-state index is -1.21. The topological polar surface area (TPSA) is 102 Å². The van der Waals surface area contributed by atoms with Crippen molar-refractivity contribution in [2.24, 2.45) is 0 Å². The Bertz CT molecular complexity index is 1030. The van der Waals surface area contributed by atoms with Crippen LogP contribution in [0.2, 0.25) is 0 Å². The summed E-state index contributed by atoms with van der Waals surface area (Å²) in [7, 11) is 0. The lowest BCUT2D eigenvalue weighted by molar-refractivity contribution is -0.131. The third kappa shape index (κ3) is 4.12. The molecule has 10 heteroatoms. The van der Waals surface area contributed by atoms with Gasteiger partial charge in [-0.2, -0.15) is 27.6 Å². The normalized spacial score (nSPS) is 13.1. The Morgan fingerprint density at radius 1 is 1.29 bits per heavy atom. The van der Waals surface area contributed by atoms with E-state index in [1.807, 2.05) is 0 Å². The Morgan fingerprint density at radius 2 is 1.93 bits per heavy atom. The maximum Gasteiger partial charge on any atom is 0.259 e. The first-order valence-corrected chi connectivity index (χ1v) is 8.80. The molecule has 0 aliphatic heterocycles. The fourth-order valence-corrected chi connectivity index (χ4v) is 2.79. The number of nitrogens with zero attached hydrogens (tertiary/aromatic N) is 4. The molecule has 8 nitrogen and oxygen atoms in total. The summed E-state index contributed by atoms with van der Waals surface area (Å²) < 4.78 is 14.6. The van der Waals surface area contributed by atoms with Crippen LogP contribution in [0.1, 0.15) is 13.3 Å². The fourth-order valence-electron chi connectivity index (χ4n) is 2.64. The van der Waals surface area contributed by atoms with Crippen molar-refractivity contribution < 1.29 is 14.4 Å². The number of aryl methyl sites for hydroxylation is 1. The van der Waals surface area contributed by atoms with E-state index in [2.05, 4.69) is 22.8 Å². The summed E-state index contributed by atoms with van der Waals surface area (Å²) in [4.78, 5) is 25.3. The van der Waals surface area contributed by atoms with E-state index in [0.717, 1.165) is 6.20 Å². The zero-order valence-electron chi connectivity index (χ0n) is 14.9. The number of amides is 1. The molecule has 1 amide bonds. The van der Waals surface area contributed by atoms with Gasteiger partial charge < -0.3 is 4.57 Å². The van der Waals surface area contributed by atoms with Crippen molar-refractivity contribution in [2.45, 2.75) is 24.6 Å². The number of rotatable bonds is 6. The highest BCUT2D eigenvalue weighted by atomic mass is 32.1. The summed E-state index contributed by atoms with van der Waals surface area (Å²) in [5, 5.41) is 16.8. The molecule has 0 saturated carbocycles. The number of hydroxylamine groups is 1. The van der Waals surface area contributed by atoms with E-state index in [1.54, 1.807) is 36.7 Å². The summed E-state index contributed by atoms with van der Waals surface area (Å²) in [6.45, 7) is 1.56. The minimum Gasteiger partial charge on any atom is -0.312 e. The number of thiol groups is 1. The molecule has 28 heavy (non-hydrogen) atoms. The molecule has 0 fully saturated rings. The van der Waals surface area contributed by atoms with Crippen molar-refractivity contribution in [2.75, 3.05) is 0 Å². The highest BCUT2D eigenvalue weighted by molar-refractivity contribution is 7.82. The molecular weight excluding hydrogens is 385 g/mol. The predicted octanol–water partition coefficient (Wildman–Crippen LogP) is 1.82. The van der Waals surface area contributed by atoms with Crippen molar-refractivity contribution in [3.05, 3.63) is 65.1 Å². The standard InChI is InChI=1S/C18H18FN5O3S/c1-18(28,17(26)22-27)6-9-23-11-15(19)14(10-16(23)25)12-2-4-13(5-3-12)24-20-7-8-21-24/h2-5,7-8,10-11,27-28H,6,9H2,1H3,(H,22,26). The monoisotopic (exact) mass is 403 g/mol. The maximum atomic E-state index is 14.6. The van der Waals surface area contributed by atoms with Crippen LogP contribution >= 0.6 is 12.6 Å². The average molecular weight is 403 g/mol. The second-order valence-electron chi connectivity index (χ2n) is 6.40. The van der Waals surface area contributed by atoms with Crippen molar-refractivity contribution in [3.63, 3.8) is 0 Å². The SMILES string of the molecule is CC(S)(CCn1cc(F)c(-c2ccc(-n3nccn3)cc2)cc1=O)C(=O)NO. The van der Waals surface area contributed by atoms with E-state index in [9.17, 15) is 14.0 Å². The van der Waals surface area contributed by atoms with Gasteiger partial charge in [0.1, 0.15) is 5.82 Å². The van der Waals surface area contributed by atoms with Gasteiger partial charge >= 0.3 is 0 Å². The van der Waals surface area contributed by atoms with Crippen LogP contribution in [0.15, 0.2) is 53.7 Å². The molecule has 2 heterocycles. The van der Waals surface area contributed by atoms with Crippen LogP contribution < -0.4 is 11.0 Å². The Hall–Kier alpha value is -2.98. The van der Waals surface area contributed by atoms with Gasteiger partial charge in [-0.25, -0.2) is 9.87 Å². The molecule has 0 saturated heterocycles. The van der Waals surface area contributed by atoms with Crippen LogP contribution in [-0.2, 0) is 11.3 Å². The van der Waals surface area contributed by atoms with Gasteiger partial charge in [0.15, 0.2) is 0 Å². The number of carbonyl (C=O) groups is 1.